The number of aromatic hydroxyl groups is 1. The van der Waals surface area contributed by atoms with Gasteiger partial charge in [0.25, 0.3) is 0 Å². The van der Waals surface area contributed by atoms with E-state index in [1.807, 2.05) is 0 Å². The first-order chi connectivity index (χ1) is 10.7. The Labute approximate surface area is 136 Å². The number of rotatable bonds is 3. The fourth-order valence-corrected chi connectivity index (χ4v) is 5.28. The molecule has 0 aliphatic carbocycles. The Balaban J connectivity index is 1.79. The lowest BCUT2D eigenvalue weighted by Gasteiger charge is -2.36. The van der Waals surface area contributed by atoms with Gasteiger partial charge in [0, 0.05) is 11.4 Å². The van der Waals surface area contributed by atoms with Crippen LogP contribution in [-0.2, 0) is 0 Å². The van der Waals surface area contributed by atoms with Gasteiger partial charge in [-0.2, -0.15) is 9.61 Å². The van der Waals surface area contributed by atoms with Crippen LogP contribution < -0.4 is 0 Å². The average molecular weight is 334 g/mol. The average Bonchev–Trinajstić information content (AvgIpc) is 3.21. The molecular formula is C15H18N4OS2. The van der Waals surface area contributed by atoms with Crippen LogP contribution in [0.5, 0.6) is 5.88 Å². The molecule has 7 heteroatoms. The monoisotopic (exact) mass is 334 g/mol. The van der Waals surface area contributed by atoms with Crippen molar-refractivity contribution in [1.82, 2.24) is 19.5 Å². The molecule has 1 saturated heterocycles. The van der Waals surface area contributed by atoms with Crippen LogP contribution in [0.25, 0.3) is 4.96 Å². The molecule has 1 N–H and O–H groups in total. The smallest absolute Gasteiger partial charge is 0.230 e. The first-order valence-electron chi connectivity index (χ1n) is 7.53. The Bertz CT molecular complexity index is 764. The summed E-state index contributed by atoms with van der Waals surface area (Å²) < 4.78 is 1.54. The first-order valence-corrected chi connectivity index (χ1v) is 9.22. The van der Waals surface area contributed by atoms with Gasteiger partial charge < -0.3 is 5.11 Å². The second-order valence-corrected chi connectivity index (χ2v) is 7.89. The number of nitrogens with zero attached hydrogens (tertiary/aromatic N) is 4. The van der Waals surface area contributed by atoms with Gasteiger partial charge in [0.15, 0.2) is 0 Å². The topological polar surface area (TPSA) is 53.7 Å². The number of thiophene rings is 1. The number of piperidine rings is 1. The maximum absolute atomic E-state index is 10.6. The minimum atomic E-state index is 0.108. The lowest BCUT2D eigenvalue weighted by atomic mass is 9.98. The molecule has 5 nitrogen and oxygen atoms in total. The van der Waals surface area contributed by atoms with Crippen LogP contribution in [0.15, 0.2) is 23.8 Å². The van der Waals surface area contributed by atoms with E-state index >= 15 is 0 Å². The molecule has 22 heavy (non-hydrogen) atoms. The molecule has 1 aliphatic rings. The van der Waals surface area contributed by atoms with E-state index in [0.29, 0.717) is 5.92 Å². The van der Waals surface area contributed by atoms with Crippen LogP contribution in [0.1, 0.15) is 35.6 Å². The molecule has 0 radical (unpaired) electrons. The zero-order chi connectivity index (χ0) is 15.1. The number of thiazole rings is 1. The first kappa shape index (κ1) is 14.2. The standard InChI is InChI=1S/C15H18N4OS2/c1-10-4-2-6-18(8-10)12(11-5-3-7-21-11)13-14(20)19-15(22-13)16-9-17-19/h3,5,7,9-10,12,20H,2,4,6,8H2,1H3/t10-,12-/m0/s1. The van der Waals surface area contributed by atoms with Crippen LogP contribution in [-0.4, -0.2) is 37.7 Å². The van der Waals surface area contributed by atoms with Gasteiger partial charge in [0.05, 0.1) is 10.9 Å². The molecule has 116 valence electrons. The quantitative estimate of drug-likeness (QED) is 0.798. The number of hydrogen-bond acceptors (Lipinski definition) is 6. The Hall–Kier alpha value is -1.44. The summed E-state index contributed by atoms with van der Waals surface area (Å²) in [6, 6.07) is 4.34. The number of hydrogen-bond donors (Lipinski definition) is 1. The van der Waals surface area contributed by atoms with Crippen LogP contribution in [0.3, 0.4) is 0 Å². The van der Waals surface area contributed by atoms with E-state index in [0.717, 1.165) is 22.9 Å². The summed E-state index contributed by atoms with van der Waals surface area (Å²) in [5.41, 5.74) is 0. The third-order valence-corrected chi connectivity index (χ3v) is 6.26. The molecule has 2 atom stereocenters. The summed E-state index contributed by atoms with van der Waals surface area (Å²) in [5, 5.41) is 16.8. The maximum atomic E-state index is 10.6. The minimum Gasteiger partial charge on any atom is -0.492 e. The predicted octanol–water partition coefficient (Wildman–Crippen LogP) is 3.38. The molecule has 1 aliphatic heterocycles. The second-order valence-electron chi connectivity index (χ2n) is 5.90. The summed E-state index contributed by atoms with van der Waals surface area (Å²) in [6.07, 6.45) is 3.98. The number of likely N-dealkylation sites (tertiary alicyclic amines) is 1. The summed E-state index contributed by atoms with van der Waals surface area (Å²) in [5.74, 6) is 0.926. The largest absolute Gasteiger partial charge is 0.492 e. The van der Waals surface area contributed by atoms with Crippen molar-refractivity contribution in [3.05, 3.63) is 33.6 Å². The zero-order valence-corrected chi connectivity index (χ0v) is 14.0. The summed E-state index contributed by atoms with van der Waals surface area (Å²) in [4.78, 5) is 9.68. The van der Waals surface area contributed by atoms with E-state index in [1.54, 1.807) is 11.3 Å². The molecule has 3 aromatic rings. The van der Waals surface area contributed by atoms with Gasteiger partial charge in [0.2, 0.25) is 10.8 Å². The molecule has 3 aromatic heterocycles. The Morgan fingerprint density at radius 2 is 2.36 bits per heavy atom. The van der Waals surface area contributed by atoms with E-state index in [-0.39, 0.29) is 11.9 Å². The van der Waals surface area contributed by atoms with E-state index in [2.05, 4.69) is 39.4 Å². The van der Waals surface area contributed by atoms with E-state index in [1.165, 1.54) is 39.9 Å². The molecule has 4 rings (SSSR count). The lowest BCUT2D eigenvalue weighted by molar-refractivity contribution is 0.150. The molecule has 0 unspecified atom stereocenters. The molecule has 4 heterocycles. The third kappa shape index (κ3) is 2.33. The second kappa shape index (κ2) is 5.64. The van der Waals surface area contributed by atoms with Gasteiger partial charge >= 0.3 is 0 Å². The van der Waals surface area contributed by atoms with Crippen LogP contribution in [0.4, 0.5) is 0 Å². The molecule has 0 bridgehead atoms. The van der Waals surface area contributed by atoms with Crippen molar-refractivity contribution in [2.45, 2.75) is 25.8 Å². The van der Waals surface area contributed by atoms with Crippen molar-refractivity contribution in [2.24, 2.45) is 5.92 Å². The molecule has 0 spiro atoms. The van der Waals surface area contributed by atoms with E-state index < -0.39 is 0 Å². The normalized spacial score (nSPS) is 21.4. The third-order valence-electron chi connectivity index (χ3n) is 4.25. The fourth-order valence-electron chi connectivity index (χ4n) is 3.25. The van der Waals surface area contributed by atoms with Gasteiger partial charge in [-0.25, -0.2) is 4.98 Å². The highest BCUT2D eigenvalue weighted by Crippen LogP contribution is 2.42. The van der Waals surface area contributed by atoms with Crippen molar-refractivity contribution in [3.63, 3.8) is 0 Å². The highest BCUT2D eigenvalue weighted by Gasteiger charge is 2.32. The van der Waals surface area contributed by atoms with Crippen molar-refractivity contribution >= 4 is 27.6 Å². The van der Waals surface area contributed by atoms with Crippen molar-refractivity contribution in [1.29, 1.82) is 0 Å². The lowest BCUT2D eigenvalue weighted by Crippen LogP contribution is -2.37. The van der Waals surface area contributed by atoms with Crippen molar-refractivity contribution in [2.75, 3.05) is 13.1 Å². The van der Waals surface area contributed by atoms with Gasteiger partial charge in [-0.05, 0) is 36.8 Å². The van der Waals surface area contributed by atoms with Crippen LogP contribution in [0.2, 0.25) is 0 Å². The number of aromatic nitrogens is 3. The van der Waals surface area contributed by atoms with Gasteiger partial charge in [-0.3, -0.25) is 4.90 Å². The minimum absolute atomic E-state index is 0.108. The Kier molecular flexibility index (Phi) is 3.63. The molecule has 1 fully saturated rings. The Morgan fingerprint density at radius 3 is 3.09 bits per heavy atom. The SMILES string of the molecule is C[C@H]1CCCN([C@@H](c2cccs2)c2sc3ncnn3c2O)C1. The summed E-state index contributed by atoms with van der Waals surface area (Å²) in [6.45, 7) is 4.44. The van der Waals surface area contributed by atoms with Crippen LogP contribution >= 0.6 is 22.7 Å². The highest BCUT2D eigenvalue weighted by molar-refractivity contribution is 7.17. The zero-order valence-electron chi connectivity index (χ0n) is 12.3. The molecule has 0 amide bonds. The van der Waals surface area contributed by atoms with Crippen molar-refractivity contribution < 1.29 is 5.11 Å². The molecule has 0 saturated carbocycles. The van der Waals surface area contributed by atoms with E-state index in [4.69, 9.17) is 0 Å². The van der Waals surface area contributed by atoms with Gasteiger partial charge in [-0.1, -0.05) is 24.3 Å². The van der Waals surface area contributed by atoms with E-state index in [9.17, 15) is 5.11 Å². The number of fused-ring (bicyclic) bond motifs is 1. The fraction of sp³-hybridized carbons (Fsp3) is 0.467. The predicted molar refractivity (Wildman–Crippen MR) is 88.7 cm³/mol. The summed E-state index contributed by atoms with van der Waals surface area (Å²) in [7, 11) is 0. The van der Waals surface area contributed by atoms with Gasteiger partial charge in [-0.15, -0.1) is 11.3 Å². The van der Waals surface area contributed by atoms with Gasteiger partial charge in [0.1, 0.15) is 6.33 Å². The highest BCUT2D eigenvalue weighted by atomic mass is 32.1. The maximum Gasteiger partial charge on any atom is 0.230 e. The Morgan fingerprint density at radius 1 is 1.45 bits per heavy atom. The van der Waals surface area contributed by atoms with Crippen LogP contribution in [0, 0.1) is 5.92 Å². The van der Waals surface area contributed by atoms with Crippen molar-refractivity contribution in [3.8, 4) is 5.88 Å². The molecular weight excluding hydrogens is 316 g/mol. The molecule has 0 aromatic carbocycles. The summed E-state index contributed by atoms with van der Waals surface area (Å²) >= 11 is 3.28.